The molecule has 1 fully saturated rings. The number of rotatable bonds is 4. The van der Waals surface area contributed by atoms with Crippen LogP contribution in [0.25, 0.3) is 5.57 Å². The molecule has 1 aliphatic rings. The van der Waals surface area contributed by atoms with Crippen LogP contribution < -0.4 is 10.6 Å². The standard InChI is InChI=1S/C21H29N7O2/c1-21(2,3)30-20(29)28-11-5-6-15(14-28)27(4)18-7-8-25-19(26-18)16(12-22)17-13-23-9-10-24-17/h7-10,12-13,15H,5-6,11,14,22H2,1-4H3/t15-/m1/s1. The van der Waals surface area contributed by atoms with Crippen molar-refractivity contribution in [3.63, 3.8) is 0 Å². The van der Waals surface area contributed by atoms with Crippen molar-refractivity contribution >= 4 is 17.5 Å². The Bertz CT molecular complexity index is 896. The second-order valence-corrected chi connectivity index (χ2v) is 8.24. The van der Waals surface area contributed by atoms with E-state index < -0.39 is 5.60 Å². The molecule has 2 N–H and O–H groups in total. The lowest BCUT2D eigenvalue weighted by molar-refractivity contribution is 0.0199. The fourth-order valence-corrected chi connectivity index (χ4v) is 3.34. The Morgan fingerprint density at radius 2 is 2.10 bits per heavy atom. The molecule has 0 saturated carbocycles. The van der Waals surface area contributed by atoms with E-state index in [-0.39, 0.29) is 12.1 Å². The maximum Gasteiger partial charge on any atom is 0.410 e. The van der Waals surface area contributed by atoms with E-state index >= 15 is 0 Å². The predicted octanol–water partition coefficient (Wildman–Crippen LogP) is 2.45. The van der Waals surface area contributed by atoms with Gasteiger partial charge in [0.25, 0.3) is 0 Å². The zero-order valence-corrected chi connectivity index (χ0v) is 17.9. The Labute approximate surface area is 177 Å². The van der Waals surface area contributed by atoms with E-state index in [4.69, 9.17) is 10.5 Å². The number of nitrogens with two attached hydrogens (primary N) is 1. The molecule has 1 atom stereocenters. The summed E-state index contributed by atoms with van der Waals surface area (Å²) in [6.07, 6.45) is 9.54. The summed E-state index contributed by atoms with van der Waals surface area (Å²) in [7, 11) is 1.98. The predicted molar refractivity (Wildman–Crippen MR) is 115 cm³/mol. The van der Waals surface area contributed by atoms with Crippen LogP contribution in [-0.4, -0.2) is 62.7 Å². The van der Waals surface area contributed by atoms with Crippen LogP contribution in [0.1, 0.15) is 45.1 Å². The summed E-state index contributed by atoms with van der Waals surface area (Å²) in [6.45, 7) is 6.90. The first-order valence-electron chi connectivity index (χ1n) is 10.0. The molecule has 0 aromatic carbocycles. The molecule has 160 valence electrons. The molecule has 1 amide bonds. The Kier molecular flexibility index (Phi) is 6.49. The zero-order chi connectivity index (χ0) is 21.7. The third-order valence-electron chi connectivity index (χ3n) is 4.84. The molecule has 0 unspecified atom stereocenters. The highest BCUT2D eigenvalue weighted by Crippen LogP contribution is 2.23. The van der Waals surface area contributed by atoms with Crippen molar-refractivity contribution in [2.24, 2.45) is 5.73 Å². The molecule has 0 bridgehead atoms. The van der Waals surface area contributed by atoms with Crippen LogP contribution in [0, 0.1) is 0 Å². The third kappa shape index (κ3) is 5.22. The van der Waals surface area contributed by atoms with Crippen molar-refractivity contribution in [2.45, 2.75) is 45.3 Å². The molecule has 9 heteroatoms. The number of hydrogen-bond donors (Lipinski definition) is 1. The molecule has 9 nitrogen and oxygen atoms in total. The lowest BCUT2D eigenvalue weighted by atomic mass is 10.0. The largest absolute Gasteiger partial charge is 0.444 e. The molecule has 0 spiro atoms. The lowest BCUT2D eigenvalue weighted by Crippen LogP contribution is -2.50. The van der Waals surface area contributed by atoms with E-state index in [9.17, 15) is 4.79 Å². The van der Waals surface area contributed by atoms with Crippen molar-refractivity contribution in [3.8, 4) is 0 Å². The van der Waals surface area contributed by atoms with Crippen molar-refractivity contribution in [2.75, 3.05) is 25.0 Å². The maximum absolute atomic E-state index is 12.5. The summed E-state index contributed by atoms with van der Waals surface area (Å²) < 4.78 is 5.53. The van der Waals surface area contributed by atoms with Gasteiger partial charge in [0.05, 0.1) is 17.5 Å². The summed E-state index contributed by atoms with van der Waals surface area (Å²) in [4.78, 5) is 33.7. The molecular weight excluding hydrogens is 382 g/mol. The van der Waals surface area contributed by atoms with Crippen molar-refractivity contribution < 1.29 is 9.53 Å². The number of nitrogens with zero attached hydrogens (tertiary/aromatic N) is 6. The van der Waals surface area contributed by atoms with Gasteiger partial charge in [-0.15, -0.1) is 0 Å². The van der Waals surface area contributed by atoms with Gasteiger partial charge in [0.2, 0.25) is 0 Å². The third-order valence-corrected chi connectivity index (χ3v) is 4.84. The lowest BCUT2D eigenvalue weighted by Gasteiger charge is -2.38. The molecule has 3 rings (SSSR count). The average molecular weight is 412 g/mol. The van der Waals surface area contributed by atoms with Crippen LogP contribution in [0.2, 0.25) is 0 Å². The van der Waals surface area contributed by atoms with Crippen LogP contribution in [0.15, 0.2) is 37.1 Å². The quantitative estimate of drug-likeness (QED) is 0.817. The van der Waals surface area contributed by atoms with Gasteiger partial charge in [-0.05, 0) is 39.7 Å². The molecule has 1 saturated heterocycles. The fraction of sp³-hybridized carbons (Fsp3) is 0.476. The van der Waals surface area contributed by atoms with E-state index in [1.54, 1.807) is 29.7 Å². The first kappa shape index (κ1) is 21.5. The van der Waals surface area contributed by atoms with Gasteiger partial charge in [0.1, 0.15) is 11.4 Å². The molecule has 2 aromatic rings. The Morgan fingerprint density at radius 3 is 2.77 bits per heavy atom. The minimum Gasteiger partial charge on any atom is -0.444 e. The van der Waals surface area contributed by atoms with E-state index in [0.717, 1.165) is 18.7 Å². The van der Waals surface area contributed by atoms with Gasteiger partial charge in [-0.1, -0.05) is 0 Å². The van der Waals surface area contributed by atoms with Gasteiger partial charge in [0.15, 0.2) is 5.82 Å². The van der Waals surface area contributed by atoms with Crippen LogP contribution in [0.3, 0.4) is 0 Å². The number of anilines is 1. The fourth-order valence-electron chi connectivity index (χ4n) is 3.34. The number of aromatic nitrogens is 4. The van der Waals surface area contributed by atoms with Crippen LogP contribution in [-0.2, 0) is 4.74 Å². The summed E-state index contributed by atoms with van der Waals surface area (Å²) in [5.41, 5.74) is 6.53. The van der Waals surface area contributed by atoms with Crippen LogP contribution >= 0.6 is 0 Å². The number of carbonyl (C=O) groups is 1. The monoisotopic (exact) mass is 411 g/mol. The summed E-state index contributed by atoms with van der Waals surface area (Å²) in [6, 6.07) is 1.97. The number of likely N-dealkylation sites (tertiary alicyclic amines) is 1. The van der Waals surface area contributed by atoms with Gasteiger partial charge in [0, 0.05) is 51.0 Å². The molecule has 1 aliphatic heterocycles. The van der Waals surface area contributed by atoms with Gasteiger partial charge < -0.3 is 20.3 Å². The van der Waals surface area contributed by atoms with Crippen molar-refractivity contribution in [1.82, 2.24) is 24.8 Å². The Hall–Kier alpha value is -3.23. The molecule has 0 aliphatic carbocycles. The SMILES string of the molecule is CN(c1ccnc(C(=CN)c2cnccn2)n1)[C@@H]1CCCN(C(=O)OC(C)(C)C)C1. The summed E-state index contributed by atoms with van der Waals surface area (Å²) in [5, 5.41) is 0. The smallest absolute Gasteiger partial charge is 0.410 e. The Morgan fingerprint density at radius 1 is 1.30 bits per heavy atom. The van der Waals surface area contributed by atoms with Crippen molar-refractivity contribution in [3.05, 3.63) is 48.6 Å². The van der Waals surface area contributed by atoms with E-state index in [1.165, 1.54) is 6.20 Å². The highest BCUT2D eigenvalue weighted by Gasteiger charge is 2.30. The van der Waals surface area contributed by atoms with Crippen LogP contribution in [0.5, 0.6) is 0 Å². The molecular formula is C21H29N7O2. The molecule has 3 heterocycles. The van der Waals surface area contributed by atoms with Gasteiger partial charge in [-0.2, -0.15) is 0 Å². The average Bonchev–Trinajstić information content (AvgIpc) is 2.74. The Balaban J connectivity index is 1.76. The second-order valence-electron chi connectivity index (χ2n) is 8.24. The minimum atomic E-state index is -0.511. The summed E-state index contributed by atoms with van der Waals surface area (Å²) in [5.74, 6) is 1.22. The first-order valence-corrected chi connectivity index (χ1v) is 10.0. The first-order chi connectivity index (χ1) is 14.3. The number of hydrogen-bond acceptors (Lipinski definition) is 8. The van der Waals surface area contributed by atoms with Gasteiger partial charge >= 0.3 is 6.09 Å². The van der Waals surface area contributed by atoms with E-state index in [0.29, 0.717) is 30.2 Å². The van der Waals surface area contributed by atoms with Gasteiger partial charge in [-0.3, -0.25) is 9.97 Å². The number of amides is 1. The van der Waals surface area contributed by atoms with Crippen molar-refractivity contribution in [1.29, 1.82) is 0 Å². The van der Waals surface area contributed by atoms with E-state index in [1.807, 2.05) is 33.9 Å². The number of carbonyl (C=O) groups excluding carboxylic acids is 1. The summed E-state index contributed by atoms with van der Waals surface area (Å²) >= 11 is 0. The van der Waals surface area contributed by atoms with Gasteiger partial charge in [-0.25, -0.2) is 14.8 Å². The molecule has 30 heavy (non-hydrogen) atoms. The number of likely N-dealkylation sites (N-methyl/N-ethyl adjacent to an activating group) is 1. The minimum absolute atomic E-state index is 0.121. The topological polar surface area (TPSA) is 110 Å². The highest BCUT2D eigenvalue weighted by molar-refractivity contribution is 5.73. The number of piperidine rings is 1. The normalized spacial score (nSPS) is 17.5. The number of ether oxygens (including phenoxy) is 1. The molecule has 2 aromatic heterocycles. The molecule has 0 radical (unpaired) electrons. The maximum atomic E-state index is 12.5. The second kappa shape index (κ2) is 9.06. The van der Waals surface area contributed by atoms with E-state index in [2.05, 4.69) is 24.8 Å². The zero-order valence-electron chi connectivity index (χ0n) is 17.9. The highest BCUT2D eigenvalue weighted by atomic mass is 16.6. The van der Waals surface area contributed by atoms with Crippen LogP contribution in [0.4, 0.5) is 10.6 Å².